The Bertz CT molecular complexity index is 905. The van der Waals surface area contributed by atoms with Gasteiger partial charge in [-0.1, -0.05) is 141 Å². The molecule has 0 heterocycles. The van der Waals surface area contributed by atoms with Crippen molar-refractivity contribution in [3.8, 4) is 0 Å². The summed E-state index contributed by atoms with van der Waals surface area (Å²) in [6, 6.07) is 0. The van der Waals surface area contributed by atoms with E-state index in [0.717, 1.165) is 70.8 Å². The van der Waals surface area contributed by atoms with Gasteiger partial charge in [-0.05, 0) is 91.3 Å². The van der Waals surface area contributed by atoms with E-state index in [9.17, 15) is 14.4 Å². The van der Waals surface area contributed by atoms with E-state index in [0.29, 0.717) is 25.9 Å². The number of nitrogens with zero attached hydrogens (tertiary/aromatic N) is 1. The van der Waals surface area contributed by atoms with E-state index >= 15 is 0 Å². The summed E-state index contributed by atoms with van der Waals surface area (Å²) in [7, 11) is 3.94. The summed E-state index contributed by atoms with van der Waals surface area (Å²) in [4.78, 5) is 39.7. The summed E-state index contributed by atoms with van der Waals surface area (Å²) in [6.45, 7) is 5.44. The van der Waals surface area contributed by atoms with Crippen LogP contribution in [-0.4, -0.2) is 68.8 Å². The van der Waals surface area contributed by atoms with Crippen LogP contribution in [0.2, 0.25) is 0 Å². The zero-order valence-corrected chi connectivity index (χ0v) is 35.1. The Labute approximate surface area is 326 Å². The molecule has 0 aliphatic heterocycles. The highest BCUT2D eigenvalue weighted by Crippen LogP contribution is 2.14. The molecule has 310 valence electrons. The molecule has 0 aliphatic carbocycles. The smallest absolute Gasteiger partial charge is 0.306 e. The van der Waals surface area contributed by atoms with Crippen LogP contribution >= 0.6 is 0 Å². The molecule has 2 N–H and O–H groups in total. The Hall–Kier alpha value is -2.19. The Morgan fingerprint density at radius 3 is 1.36 bits per heavy atom. The fourth-order valence-corrected chi connectivity index (χ4v) is 6.28. The molecule has 0 rings (SSSR count). The molecule has 0 aliphatic rings. The molecular weight excluding hydrogens is 665 g/mol. The number of hydrogen-bond acceptors (Lipinski definition) is 7. The monoisotopic (exact) mass is 749 g/mol. The maximum atomic E-state index is 12.7. The number of carbonyl (C=O) groups excluding carboxylic acids is 3. The molecule has 0 saturated carbocycles. The Morgan fingerprint density at radius 2 is 0.943 bits per heavy atom. The number of rotatable bonds is 40. The molecule has 0 spiro atoms. The van der Waals surface area contributed by atoms with Crippen molar-refractivity contribution < 1.29 is 28.6 Å². The number of carbonyl (C=O) groups is 3. The summed E-state index contributed by atoms with van der Waals surface area (Å²) >= 11 is 0. The number of primary amides is 1. The van der Waals surface area contributed by atoms with Crippen LogP contribution in [0.15, 0.2) is 24.3 Å². The number of esters is 2. The van der Waals surface area contributed by atoms with Gasteiger partial charge in [-0.3, -0.25) is 14.4 Å². The van der Waals surface area contributed by atoms with Gasteiger partial charge in [0.05, 0.1) is 0 Å². The second kappa shape index (κ2) is 39.5. The highest BCUT2D eigenvalue weighted by molar-refractivity contribution is 5.83. The number of nitrogens with two attached hydrogens (primary N) is 1. The predicted molar refractivity (Wildman–Crippen MR) is 222 cm³/mol. The third kappa shape index (κ3) is 36.6. The van der Waals surface area contributed by atoms with Gasteiger partial charge in [-0.2, -0.15) is 0 Å². The summed E-state index contributed by atoms with van der Waals surface area (Å²) in [5.74, 6) is -1.62. The first kappa shape index (κ1) is 50.8. The van der Waals surface area contributed by atoms with E-state index in [4.69, 9.17) is 19.9 Å². The van der Waals surface area contributed by atoms with Crippen molar-refractivity contribution in [2.75, 3.05) is 33.9 Å². The fourth-order valence-electron chi connectivity index (χ4n) is 6.28. The minimum absolute atomic E-state index is 0.180. The van der Waals surface area contributed by atoms with Crippen molar-refractivity contribution >= 4 is 17.8 Å². The van der Waals surface area contributed by atoms with E-state index in [1.54, 1.807) is 0 Å². The zero-order chi connectivity index (χ0) is 39.0. The van der Waals surface area contributed by atoms with E-state index < -0.39 is 24.1 Å². The SMILES string of the molecule is CCCCCCCC/C=C\CCCCCCCC(=O)OCC(OCCCN(C)C)C(OC(=O)CCCCCCC/C=C\CCCCCCCC)C(N)=O. The lowest BCUT2D eigenvalue weighted by molar-refractivity contribution is -0.171. The largest absolute Gasteiger partial charge is 0.463 e. The third-order valence-corrected chi connectivity index (χ3v) is 9.65. The van der Waals surface area contributed by atoms with Gasteiger partial charge in [-0.15, -0.1) is 0 Å². The van der Waals surface area contributed by atoms with Crippen LogP contribution in [0.5, 0.6) is 0 Å². The van der Waals surface area contributed by atoms with Crippen molar-refractivity contribution in [2.24, 2.45) is 5.73 Å². The summed E-state index contributed by atoms with van der Waals surface area (Å²) in [5.41, 5.74) is 5.67. The van der Waals surface area contributed by atoms with Gasteiger partial charge in [0.1, 0.15) is 12.7 Å². The molecular formula is C45H84N2O6. The molecule has 0 fully saturated rings. The first-order chi connectivity index (χ1) is 25.8. The van der Waals surface area contributed by atoms with Crippen molar-refractivity contribution in [1.29, 1.82) is 0 Å². The lowest BCUT2D eigenvalue weighted by Crippen LogP contribution is -2.46. The first-order valence-corrected chi connectivity index (χ1v) is 22.0. The van der Waals surface area contributed by atoms with Gasteiger partial charge in [0, 0.05) is 19.4 Å². The van der Waals surface area contributed by atoms with Crippen LogP contribution in [0.25, 0.3) is 0 Å². The number of unbranched alkanes of at least 4 members (excludes halogenated alkanes) is 22. The summed E-state index contributed by atoms with van der Waals surface area (Å²) in [6.07, 6.45) is 39.0. The third-order valence-electron chi connectivity index (χ3n) is 9.65. The molecule has 53 heavy (non-hydrogen) atoms. The van der Waals surface area contributed by atoms with Gasteiger partial charge in [0.25, 0.3) is 5.91 Å². The van der Waals surface area contributed by atoms with Crippen LogP contribution in [0.4, 0.5) is 0 Å². The first-order valence-electron chi connectivity index (χ1n) is 22.0. The molecule has 2 atom stereocenters. The molecule has 0 aromatic rings. The molecule has 1 amide bonds. The quantitative estimate of drug-likeness (QED) is 0.0377. The Morgan fingerprint density at radius 1 is 0.547 bits per heavy atom. The number of hydrogen-bond donors (Lipinski definition) is 1. The molecule has 8 heteroatoms. The lowest BCUT2D eigenvalue weighted by Gasteiger charge is -2.25. The number of amides is 1. The molecule has 0 aromatic carbocycles. The maximum absolute atomic E-state index is 12.7. The second-order valence-electron chi connectivity index (χ2n) is 15.2. The molecule has 0 radical (unpaired) electrons. The van der Waals surface area contributed by atoms with Crippen molar-refractivity contribution in [1.82, 2.24) is 4.90 Å². The second-order valence-corrected chi connectivity index (χ2v) is 15.2. The number of ether oxygens (including phenoxy) is 3. The van der Waals surface area contributed by atoms with Crippen LogP contribution in [-0.2, 0) is 28.6 Å². The van der Waals surface area contributed by atoms with E-state index in [-0.39, 0.29) is 19.0 Å². The van der Waals surface area contributed by atoms with Crippen LogP contribution in [0.1, 0.15) is 200 Å². The van der Waals surface area contributed by atoms with Crippen molar-refractivity contribution in [3.63, 3.8) is 0 Å². The normalized spacial score (nSPS) is 12.9. The van der Waals surface area contributed by atoms with Crippen LogP contribution < -0.4 is 5.73 Å². The molecule has 8 nitrogen and oxygen atoms in total. The molecule has 0 aromatic heterocycles. The summed E-state index contributed by atoms with van der Waals surface area (Å²) < 4.78 is 17.0. The average Bonchev–Trinajstić information content (AvgIpc) is 3.13. The van der Waals surface area contributed by atoms with Gasteiger partial charge in [-0.25, -0.2) is 0 Å². The van der Waals surface area contributed by atoms with Crippen molar-refractivity contribution in [3.05, 3.63) is 24.3 Å². The fraction of sp³-hybridized carbons (Fsp3) is 0.844. The standard InChI is InChI=1S/C45H84N2O6/c1-5-7-9-11-13-15-17-19-21-23-25-27-29-31-33-36-42(48)52-40-41(51-39-35-38-47(3)4)44(45(46)50)53-43(49)37-34-32-30-28-26-24-22-20-18-16-14-12-10-8-6-2/h19-22,41,44H,5-18,23-40H2,1-4H3,(H2,46,50)/b21-19-,22-20-. The van der Waals surface area contributed by atoms with Gasteiger partial charge in [0.15, 0.2) is 0 Å². The van der Waals surface area contributed by atoms with E-state index in [2.05, 4.69) is 38.2 Å². The summed E-state index contributed by atoms with van der Waals surface area (Å²) in [5, 5.41) is 0. The highest BCUT2D eigenvalue weighted by atomic mass is 16.6. The maximum Gasteiger partial charge on any atom is 0.306 e. The van der Waals surface area contributed by atoms with Crippen molar-refractivity contribution in [2.45, 2.75) is 212 Å². The van der Waals surface area contributed by atoms with E-state index in [1.807, 2.05) is 19.0 Å². The van der Waals surface area contributed by atoms with E-state index in [1.165, 1.54) is 96.3 Å². The minimum Gasteiger partial charge on any atom is -0.463 e. The van der Waals surface area contributed by atoms with Gasteiger partial charge >= 0.3 is 11.9 Å². The average molecular weight is 749 g/mol. The van der Waals surface area contributed by atoms with Gasteiger partial charge < -0.3 is 24.8 Å². The molecule has 0 saturated heterocycles. The highest BCUT2D eigenvalue weighted by Gasteiger charge is 2.32. The molecule has 0 bridgehead atoms. The Balaban J connectivity index is 4.36. The zero-order valence-electron chi connectivity index (χ0n) is 35.1. The molecule has 2 unspecified atom stereocenters. The minimum atomic E-state index is -1.31. The predicted octanol–water partition coefficient (Wildman–Crippen LogP) is 11.3. The topological polar surface area (TPSA) is 108 Å². The van der Waals surface area contributed by atoms with Gasteiger partial charge in [0.2, 0.25) is 6.10 Å². The number of allylic oxidation sites excluding steroid dienone is 4. The lowest BCUT2D eigenvalue weighted by atomic mass is 10.1. The van der Waals surface area contributed by atoms with Crippen LogP contribution in [0, 0.1) is 0 Å². The Kier molecular flexibility index (Phi) is 37.9. The van der Waals surface area contributed by atoms with Crippen LogP contribution in [0.3, 0.4) is 0 Å².